The van der Waals surface area contributed by atoms with Crippen molar-refractivity contribution >= 4 is 19.5 Å². The van der Waals surface area contributed by atoms with E-state index in [1.807, 2.05) is 30.3 Å². The van der Waals surface area contributed by atoms with Gasteiger partial charge in [0.1, 0.15) is 0 Å². The summed E-state index contributed by atoms with van der Waals surface area (Å²) in [6.45, 7) is 0. The third-order valence-corrected chi connectivity index (χ3v) is 3.48. The molecule has 0 aromatic heterocycles. The molecule has 0 spiro atoms. The fraction of sp³-hybridized carbons (Fsp3) is 0.385. The number of carboxylic acids is 1. The number of nitrogens with one attached hydrogen (secondary N) is 1. The van der Waals surface area contributed by atoms with Gasteiger partial charge < -0.3 is 20.1 Å². The summed E-state index contributed by atoms with van der Waals surface area (Å²) in [5, 5.41) is 21.4. The van der Waals surface area contributed by atoms with Gasteiger partial charge in [0.15, 0.2) is 0 Å². The molecule has 1 aromatic carbocycles. The first-order valence-electron chi connectivity index (χ1n) is 6.41. The zero-order valence-corrected chi connectivity index (χ0v) is 10.8. The van der Waals surface area contributed by atoms with Gasteiger partial charge in [-0.2, -0.15) is 0 Å². The molecule has 1 aliphatic heterocycles. The van der Waals surface area contributed by atoms with Gasteiger partial charge in [-0.3, -0.25) is 9.59 Å². The van der Waals surface area contributed by atoms with Crippen LogP contribution in [0.15, 0.2) is 30.3 Å². The Hall–Kier alpha value is -1.86. The summed E-state index contributed by atoms with van der Waals surface area (Å²) in [5.41, 5.74) is 0.935. The molecule has 3 unspecified atom stereocenters. The fourth-order valence-corrected chi connectivity index (χ4v) is 2.61. The number of benzene rings is 1. The molecule has 106 valence electrons. The summed E-state index contributed by atoms with van der Waals surface area (Å²) in [4.78, 5) is 21.5. The SMILES string of the molecule is O=CNC1B(O)OC(CC(=O)O)CC1c1ccccc1. The Kier molecular flexibility index (Phi) is 4.76. The van der Waals surface area contributed by atoms with E-state index in [4.69, 9.17) is 9.76 Å². The van der Waals surface area contributed by atoms with Crippen molar-refractivity contribution in [2.75, 3.05) is 0 Å². The van der Waals surface area contributed by atoms with Crippen molar-refractivity contribution in [1.29, 1.82) is 0 Å². The number of carbonyl (C=O) groups is 2. The fourth-order valence-electron chi connectivity index (χ4n) is 2.61. The van der Waals surface area contributed by atoms with Crippen LogP contribution in [0.1, 0.15) is 24.3 Å². The summed E-state index contributed by atoms with van der Waals surface area (Å²) in [5.74, 6) is -1.75. The van der Waals surface area contributed by atoms with Crippen molar-refractivity contribution in [3.63, 3.8) is 0 Å². The second-order valence-electron chi connectivity index (χ2n) is 4.81. The standard InChI is InChI=1S/C13H16BNO5/c16-8-15-13-11(9-4-2-1-3-5-9)6-10(7-12(17)18)20-14(13)19/h1-5,8,10-11,13,19H,6-7H2,(H,15,16)(H,17,18). The van der Waals surface area contributed by atoms with Crippen LogP contribution in [-0.4, -0.2) is 41.7 Å². The van der Waals surface area contributed by atoms with Crippen molar-refractivity contribution < 1.29 is 24.4 Å². The lowest BCUT2D eigenvalue weighted by Gasteiger charge is -2.37. The molecule has 1 fully saturated rings. The Labute approximate surface area is 116 Å². The first-order valence-corrected chi connectivity index (χ1v) is 6.41. The van der Waals surface area contributed by atoms with Gasteiger partial charge in [-0.1, -0.05) is 30.3 Å². The Balaban J connectivity index is 2.21. The molecule has 1 aromatic rings. The molecule has 1 amide bonds. The number of carboxylic acid groups (broad SMARTS) is 1. The molecule has 3 N–H and O–H groups in total. The van der Waals surface area contributed by atoms with Gasteiger partial charge in [0.05, 0.1) is 18.5 Å². The first kappa shape index (κ1) is 14.6. The zero-order chi connectivity index (χ0) is 14.5. The van der Waals surface area contributed by atoms with E-state index in [-0.39, 0.29) is 12.3 Å². The molecule has 0 aliphatic carbocycles. The van der Waals surface area contributed by atoms with Gasteiger partial charge in [-0.15, -0.1) is 0 Å². The topological polar surface area (TPSA) is 95.9 Å². The Morgan fingerprint density at radius 3 is 2.75 bits per heavy atom. The second kappa shape index (κ2) is 6.54. The van der Waals surface area contributed by atoms with E-state index < -0.39 is 25.1 Å². The minimum absolute atomic E-state index is 0.172. The minimum Gasteiger partial charge on any atom is -0.481 e. The molecule has 0 saturated carbocycles. The van der Waals surface area contributed by atoms with Crippen LogP contribution in [-0.2, 0) is 14.2 Å². The largest absolute Gasteiger partial charge is 0.481 e. The van der Waals surface area contributed by atoms with E-state index in [1.165, 1.54) is 0 Å². The highest BCUT2D eigenvalue weighted by Gasteiger charge is 2.43. The Morgan fingerprint density at radius 2 is 2.15 bits per heavy atom. The molecular weight excluding hydrogens is 261 g/mol. The number of carbonyl (C=O) groups excluding carboxylic acids is 1. The molecule has 0 bridgehead atoms. The number of hydrogen-bond acceptors (Lipinski definition) is 4. The van der Waals surface area contributed by atoms with Gasteiger partial charge in [0.2, 0.25) is 6.41 Å². The summed E-state index contributed by atoms with van der Waals surface area (Å²) >= 11 is 0. The third kappa shape index (κ3) is 3.37. The number of aliphatic carboxylic acids is 1. The normalized spacial score (nSPS) is 26.1. The maximum absolute atomic E-state index is 10.8. The van der Waals surface area contributed by atoms with Crippen LogP contribution >= 0.6 is 0 Å². The monoisotopic (exact) mass is 277 g/mol. The van der Waals surface area contributed by atoms with Gasteiger partial charge in [0.25, 0.3) is 0 Å². The Morgan fingerprint density at radius 1 is 1.45 bits per heavy atom. The highest BCUT2D eigenvalue weighted by Crippen LogP contribution is 2.32. The zero-order valence-electron chi connectivity index (χ0n) is 10.8. The molecule has 2 rings (SSSR count). The van der Waals surface area contributed by atoms with E-state index >= 15 is 0 Å². The highest BCUT2D eigenvalue weighted by atomic mass is 16.5. The predicted octanol–water partition coefficient (Wildman–Crippen LogP) is 0.168. The van der Waals surface area contributed by atoms with Crippen LogP contribution in [0, 0.1) is 0 Å². The second-order valence-corrected chi connectivity index (χ2v) is 4.81. The van der Waals surface area contributed by atoms with Gasteiger partial charge in [-0.05, 0) is 12.0 Å². The van der Waals surface area contributed by atoms with Crippen molar-refractivity contribution in [2.24, 2.45) is 0 Å². The van der Waals surface area contributed by atoms with E-state index in [0.717, 1.165) is 5.56 Å². The van der Waals surface area contributed by atoms with Crippen molar-refractivity contribution in [3.05, 3.63) is 35.9 Å². The van der Waals surface area contributed by atoms with Crippen LogP contribution in [0.3, 0.4) is 0 Å². The number of rotatable bonds is 5. The number of amides is 1. The molecule has 1 saturated heterocycles. The van der Waals surface area contributed by atoms with Crippen molar-refractivity contribution in [3.8, 4) is 0 Å². The van der Waals surface area contributed by atoms with E-state index in [0.29, 0.717) is 12.8 Å². The average molecular weight is 277 g/mol. The van der Waals surface area contributed by atoms with E-state index in [2.05, 4.69) is 5.32 Å². The summed E-state index contributed by atoms with van der Waals surface area (Å²) in [7, 11) is -1.22. The summed E-state index contributed by atoms with van der Waals surface area (Å²) < 4.78 is 5.27. The molecule has 7 heteroatoms. The maximum atomic E-state index is 10.8. The molecule has 1 heterocycles. The van der Waals surface area contributed by atoms with Crippen LogP contribution in [0.25, 0.3) is 0 Å². The first-order chi connectivity index (χ1) is 9.61. The number of hydrogen-bond donors (Lipinski definition) is 3. The van der Waals surface area contributed by atoms with Crippen molar-refractivity contribution in [1.82, 2.24) is 5.32 Å². The molecule has 3 atom stereocenters. The van der Waals surface area contributed by atoms with E-state index in [1.54, 1.807) is 0 Å². The summed E-state index contributed by atoms with van der Waals surface area (Å²) in [6.07, 6.45) is 0.204. The lowest BCUT2D eigenvalue weighted by atomic mass is 9.64. The lowest BCUT2D eigenvalue weighted by molar-refractivity contribution is -0.139. The molecular formula is C13H16BNO5. The molecule has 20 heavy (non-hydrogen) atoms. The van der Waals surface area contributed by atoms with Crippen LogP contribution in [0.4, 0.5) is 0 Å². The minimum atomic E-state index is -1.22. The van der Waals surface area contributed by atoms with E-state index in [9.17, 15) is 14.6 Å². The third-order valence-electron chi connectivity index (χ3n) is 3.48. The molecule has 6 nitrogen and oxygen atoms in total. The lowest BCUT2D eigenvalue weighted by Crippen LogP contribution is -2.54. The molecule has 1 aliphatic rings. The smallest absolute Gasteiger partial charge is 0.479 e. The Bertz CT molecular complexity index is 469. The maximum Gasteiger partial charge on any atom is 0.479 e. The van der Waals surface area contributed by atoms with Crippen LogP contribution < -0.4 is 5.32 Å². The predicted molar refractivity (Wildman–Crippen MR) is 71.9 cm³/mol. The van der Waals surface area contributed by atoms with Crippen LogP contribution in [0.2, 0.25) is 0 Å². The molecule has 0 radical (unpaired) electrons. The van der Waals surface area contributed by atoms with Crippen molar-refractivity contribution in [2.45, 2.75) is 30.8 Å². The summed E-state index contributed by atoms with van der Waals surface area (Å²) in [6, 6.07) is 9.37. The average Bonchev–Trinajstić information content (AvgIpc) is 2.42. The van der Waals surface area contributed by atoms with Gasteiger partial charge in [-0.25, -0.2) is 0 Å². The highest BCUT2D eigenvalue weighted by molar-refractivity contribution is 6.45. The quantitative estimate of drug-likeness (QED) is 0.526. The van der Waals surface area contributed by atoms with Gasteiger partial charge >= 0.3 is 13.1 Å². The van der Waals surface area contributed by atoms with Crippen LogP contribution in [0.5, 0.6) is 0 Å². The van der Waals surface area contributed by atoms with Gasteiger partial charge in [0, 0.05) is 5.92 Å².